The number of rotatable bonds is 4. The molecule has 0 bridgehead atoms. The number of aryl methyl sites for hydroxylation is 1. The summed E-state index contributed by atoms with van der Waals surface area (Å²) in [6.45, 7) is 1.93. The SMILES string of the molecule is Cc1ccccc1NC(=O)CSc1nnc2[nH]c(=O)cnn12. The zero-order valence-electron chi connectivity index (χ0n) is 11.6. The van der Waals surface area contributed by atoms with Crippen molar-refractivity contribution >= 4 is 29.1 Å². The Labute approximate surface area is 129 Å². The first-order valence-corrected chi connectivity index (χ1v) is 7.41. The third kappa shape index (κ3) is 2.98. The van der Waals surface area contributed by atoms with Crippen molar-refractivity contribution in [1.82, 2.24) is 24.8 Å². The Morgan fingerprint density at radius 2 is 2.18 bits per heavy atom. The third-order valence-corrected chi connectivity index (χ3v) is 3.81. The van der Waals surface area contributed by atoms with Crippen molar-refractivity contribution in [2.75, 3.05) is 11.1 Å². The highest BCUT2D eigenvalue weighted by atomic mass is 32.2. The highest BCUT2D eigenvalue weighted by Crippen LogP contribution is 2.17. The van der Waals surface area contributed by atoms with Crippen molar-refractivity contribution < 1.29 is 4.79 Å². The molecule has 2 heterocycles. The van der Waals surface area contributed by atoms with E-state index in [-0.39, 0.29) is 23.0 Å². The average molecular weight is 316 g/mol. The molecule has 0 spiro atoms. The van der Waals surface area contributed by atoms with Gasteiger partial charge in [-0.3, -0.25) is 14.6 Å². The maximum Gasteiger partial charge on any atom is 0.271 e. The highest BCUT2D eigenvalue weighted by molar-refractivity contribution is 7.99. The van der Waals surface area contributed by atoms with Gasteiger partial charge in [-0.2, -0.15) is 9.61 Å². The second-order valence-corrected chi connectivity index (χ2v) is 5.45. The summed E-state index contributed by atoms with van der Waals surface area (Å²) in [7, 11) is 0. The van der Waals surface area contributed by atoms with E-state index in [0.29, 0.717) is 5.16 Å². The molecule has 9 heteroatoms. The first kappa shape index (κ1) is 14.3. The maximum atomic E-state index is 12.0. The van der Waals surface area contributed by atoms with Crippen molar-refractivity contribution in [1.29, 1.82) is 0 Å². The number of nitrogens with one attached hydrogen (secondary N) is 2. The minimum atomic E-state index is -0.353. The van der Waals surface area contributed by atoms with E-state index in [1.165, 1.54) is 16.3 Å². The van der Waals surface area contributed by atoms with Crippen LogP contribution in [-0.4, -0.2) is 36.5 Å². The molecule has 112 valence electrons. The monoisotopic (exact) mass is 316 g/mol. The molecule has 22 heavy (non-hydrogen) atoms. The molecule has 8 nitrogen and oxygen atoms in total. The Morgan fingerprint density at radius 1 is 1.36 bits per heavy atom. The van der Waals surface area contributed by atoms with Crippen LogP contribution in [0.5, 0.6) is 0 Å². The van der Waals surface area contributed by atoms with Crippen LogP contribution in [0.2, 0.25) is 0 Å². The summed E-state index contributed by atoms with van der Waals surface area (Å²) in [4.78, 5) is 25.6. The Kier molecular flexibility index (Phi) is 3.88. The van der Waals surface area contributed by atoms with Gasteiger partial charge in [-0.15, -0.1) is 10.2 Å². The van der Waals surface area contributed by atoms with Gasteiger partial charge in [0.25, 0.3) is 11.3 Å². The van der Waals surface area contributed by atoms with E-state index in [0.717, 1.165) is 17.4 Å². The zero-order valence-corrected chi connectivity index (χ0v) is 12.4. The molecule has 3 aromatic rings. The van der Waals surface area contributed by atoms with E-state index in [2.05, 4.69) is 25.6 Å². The van der Waals surface area contributed by atoms with E-state index < -0.39 is 0 Å². The largest absolute Gasteiger partial charge is 0.325 e. The molecule has 0 saturated heterocycles. The number of nitrogens with zero attached hydrogens (tertiary/aromatic N) is 4. The fourth-order valence-electron chi connectivity index (χ4n) is 1.82. The van der Waals surface area contributed by atoms with Crippen LogP contribution in [0.1, 0.15) is 5.56 Å². The Morgan fingerprint density at radius 3 is 3.00 bits per heavy atom. The standard InChI is InChI=1S/C13H12N6O2S/c1-8-4-2-3-5-9(8)15-11(21)7-22-13-18-17-12-16-10(20)6-14-19(12)13/h2-6H,7H2,1H3,(H,15,21)(H,16,17,20). The number of anilines is 1. The quantitative estimate of drug-likeness (QED) is 0.691. The molecule has 1 amide bonds. The molecule has 0 aliphatic rings. The molecule has 0 saturated carbocycles. The predicted molar refractivity (Wildman–Crippen MR) is 81.9 cm³/mol. The van der Waals surface area contributed by atoms with Crippen molar-refractivity contribution in [3.05, 3.63) is 46.4 Å². The second kappa shape index (κ2) is 5.98. The smallest absolute Gasteiger partial charge is 0.271 e. The minimum absolute atomic E-state index is 0.152. The lowest BCUT2D eigenvalue weighted by Crippen LogP contribution is -2.15. The lowest BCUT2D eigenvalue weighted by molar-refractivity contribution is -0.113. The number of fused-ring (bicyclic) bond motifs is 1. The molecule has 2 N–H and O–H groups in total. The third-order valence-electron chi connectivity index (χ3n) is 2.89. The number of amides is 1. The number of thioether (sulfide) groups is 1. The van der Waals surface area contributed by atoms with E-state index in [4.69, 9.17) is 0 Å². The fraction of sp³-hybridized carbons (Fsp3) is 0.154. The maximum absolute atomic E-state index is 12.0. The van der Waals surface area contributed by atoms with Crippen molar-refractivity contribution in [2.24, 2.45) is 0 Å². The minimum Gasteiger partial charge on any atom is -0.325 e. The molecule has 0 radical (unpaired) electrons. The molecular weight excluding hydrogens is 304 g/mol. The number of hydrogen-bond acceptors (Lipinski definition) is 6. The number of aromatic nitrogens is 5. The first-order valence-electron chi connectivity index (χ1n) is 6.42. The zero-order chi connectivity index (χ0) is 15.5. The Balaban J connectivity index is 1.68. The van der Waals surface area contributed by atoms with Crippen molar-refractivity contribution in [2.45, 2.75) is 12.1 Å². The van der Waals surface area contributed by atoms with Crippen molar-refractivity contribution in [3.8, 4) is 0 Å². The average Bonchev–Trinajstić information content (AvgIpc) is 2.89. The normalized spacial score (nSPS) is 10.8. The van der Waals surface area contributed by atoms with Crippen LogP contribution < -0.4 is 10.9 Å². The number of para-hydroxylation sites is 1. The van der Waals surface area contributed by atoms with Gasteiger partial charge in [-0.1, -0.05) is 30.0 Å². The van der Waals surface area contributed by atoms with E-state index >= 15 is 0 Å². The van der Waals surface area contributed by atoms with E-state index in [1.54, 1.807) is 0 Å². The second-order valence-electron chi connectivity index (χ2n) is 4.50. The molecular formula is C13H12N6O2S. The fourth-order valence-corrected chi connectivity index (χ4v) is 2.51. The van der Waals surface area contributed by atoms with E-state index in [9.17, 15) is 9.59 Å². The van der Waals surface area contributed by atoms with Crippen LogP contribution in [0, 0.1) is 6.92 Å². The van der Waals surface area contributed by atoms with Gasteiger partial charge in [0, 0.05) is 5.69 Å². The van der Waals surface area contributed by atoms with Crippen LogP contribution in [0.3, 0.4) is 0 Å². The van der Waals surface area contributed by atoms with Crippen LogP contribution in [0.25, 0.3) is 5.78 Å². The van der Waals surface area contributed by atoms with Gasteiger partial charge >= 0.3 is 0 Å². The number of carbonyl (C=O) groups is 1. The number of H-pyrrole nitrogens is 1. The molecule has 0 unspecified atom stereocenters. The lowest BCUT2D eigenvalue weighted by Gasteiger charge is -2.07. The van der Waals surface area contributed by atoms with Gasteiger partial charge in [0.2, 0.25) is 11.1 Å². The van der Waals surface area contributed by atoms with Gasteiger partial charge in [-0.25, -0.2) is 0 Å². The Bertz CT molecular complexity index is 887. The summed E-state index contributed by atoms with van der Waals surface area (Å²) in [5, 5.41) is 14.9. The highest BCUT2D eigenvalue weighted by Gasteiger charge is 2.11. The molecule has 0 aliphatic heterocycles. The van der Waals surface area contributed by atoms with Gasteiger partial charge < -0.3 is 5.32 Å². The van der Waals surface area contributed by atoms with Gasteiger partial charge in [0.15, 0.2) is 0 Å². The molecule has 0 aliphatic carbocycles. The summed E-state index contributed by atoms with van der Waals surface area (Å²) < 4.78 is 1.38. The number of carbonyl (C=O) groups excluding carboxylic acids is 1. The summed E-state index contributed by atoms with van der Waals surface area (Å²) in [5.74, 6) is 0.255. The molecule has 0 atom stereocenters. The van der Waals surface area contributed by atoms with Gasteiger partial charge in [0.05, 0.1) is 5.75 Å². The van der Waals surface area contributed by atoms with Crippen LogP contribution in [0.15, 0.2) is 40.4 Å². The summed E-state index contributed by atoms with van der Waals surface area (Å²) >= 11 is 1.19. The first-order chi connectivity index (χ1) is 10.6. The molecule has 3 rings (SSSR count). The topological polar surface area (TPSA) is 105 Å². The van der Waals surface area contributed by atoms with E-state index in [1.807, 2.05) is 31.2 Å². The van der Waals surface area contributed by atoms with Gasteiger partial charge in [-0.05, 0) is 18.6 Å². The molecule has 1 aromatic carbocycles. The van der Waals surface area contributed by atoms with Crippen molar-refractivity contribution in [3.63, 3.8) is 0 Å². The molecule has 0 fully saturated rings. The van der Waals surface area contributed by atoms with Gasteiger partial charge in [0.1, 0.15) is 6.20 Å². The van der Waals surface area contributed by atoms with Crippen LogP contribution in [-0.2, 0) is 4.79 Å². The summed E-state index contributed by atoms with van der Waals surface area (Å²) in [6.07, 6.45) is 1.13. The Hall–Kier alpha value is -2.68. The summed E-state index contributed by atoms with van der Waals surface area (Å²) in [5.41, 5.74) is 1.42. The van der Waals surface area contributed by atoms with Crippen LogP contribution in [0.4, 0.5) is 5.69 Å². The number of hydrogen-bond donors (Lipinski definition) is 2. The lowest BCUT2D eigenvalue weighted by atomic mass is 10.2. The number of benzene rings is 1. The molecule has 2 aromatic heterocycles. The van der Waals surface area contributed by atoms with Crippen LogP contribution >= 0.6 is 11.8 Å². The number of aromatic amines is 1. The summed E-state index contributed by atoms with van der Waals surface area (Å²) in [6, 6.07) is 7.54. The predicted octanol–water partition coefficient (Wildman–Crippen LogP) is 0.852.